The molecule has 1 saturated heterocycles. The summed E-state index contributed by atoms with van der Waals surface area (Å²) in [5.41, 5.74) is 4.20. The number of rotatable bonds is 10. The van der Waals surface area contributed by atoms with E-state index < -0.39 is 12.0 Å². The highest BCUT2D eigenvalue weighted by atomic mass is 35.5. The number of halogens is 2. The van der Waals surface area contributed by atoms with Crippen molar-refractivity contribution in [3.63, 3.8) is 0 Å². The number of fused-ring (bicyclic) bond motifs is 1. The molecule has 0 radical (unpaired) electrons. The number of ether oxygens (including phenoxy) is 1. The van der Waals surface area contributed by atoms with Gasteiger partial charge in [0.15, 0.2) is 0 Å². The minimum absolute atomic E-state index is 0.0115. The van der Waals surface area contributed by atoms with Crippen LogP contribution in [-0.2, 0) is 24.4 Å². The zero-order valence-electron chi connectivity index (χ0n) is 22.8. The van der Waals surface area contributed by atoms with Crippen molar-refractivity contribution < 1.29 is 14.6 Å². The van der Waals surface area contributed by atoms with E-state index in [1.807, 2.05) is 78.8 Å². The van der Waals surface area contributed by atoms with E-state index >= 15 is 0 Å². The Morgan fingerprint density at radius 3 is 2.55 bits per heavy atom. The molecule has 1 aromatic heterocycles. The number of likely N-dealkylation sites (tertiary alicyclic amines) is 1. The average molecular weight is 581 g/mol. The first-order valence-electron chi connectivity index (χ1n) is 13.7. The van der Waals surface area contributed by atoms with Crippen LogP contribution in [-0.4, -0.2) is 58.1 Å². The maximum atomic E-state index is 13.7. The summed E-state index contributed by atoms with van der Waals surface area (Å²) in [7, 11) is 1.99. The van der Waals surface area contributed by atoms with E-state index in [4.69, 9.17) is 27.9 Å². The van der Waals surface area contributed by atoms with Gasteiger partial charge in [-0.25, -0.2) is 0 Å². The summed E-state index contributed by atoms with van der Waals surface area (Å²) in [5.74, 6) is 0.302. The molecule has 3 unspecified atom stereocenters. The standard InChI is InChI=1S/C32H35Cl2N3O3/c1-21(38)30-28(36(2)19-23-15-25(33)17-26(34)16-23)12-14-37(32(30)39)13-11-24-18-35-27-9-6-10-29(31(24)27)40-20-22-7-4-3-5-8-22/h3-10,15-18,21,28,30,35,38H,11-14,19-20H2,1-2H3. The van der Waals surface area contributed by atoms with Gasteiger partial charge in [-0.15, -0.1) is 0 Å². The number of aliphatic hydroxyl groups excluding tert-OH is 1. The molecule has 1 amide bonds. The highest BCUT2D eigenvalue weighted by molar-refractivity contribution is 6.34. The highest BCUT2D eigenvalue weighted by Gasteiger charge is 2.41. The number of carbonyl (C=O) groups is 1. The van der Waals surface area contributed by atoms with Crippen LogP contribution in [0.4, 0.5) is 0 Å². The number of aromatic amines is 1. The van der Waals surface area contributed by atoms with Crippen molar-refractivity contribution in [3.05, 3.63) is 99.7 Å². The number of amides is 1. The van der Waals surface area contributed by atoms with Crippen LogP contribution in [0.15, 0.2) is 72.9 Å². The summed E-state index contributed by atoms with van der Waals surface area (Å²) >= 11 is 12.4. The van der Waals surface area contributed by atoms with E-state index in [-0.39, 0.29) is 11.9 Å². The Kier molecular flexibility index (Phi) is 9.01. The third kappa shape index (κ3) is 6.47. The molecule has 1 aliphatic heterocycles. The molecular formula is C32H35Cl2N3O3. The van der Waals surface area contributed by atoms with Gasteiger partial charge >= 0.3 is 0 Å². The van der Waals surface area contributed by atoms with Gasteiger partial charge in [0.2, 0.25) is 5.91 Å². The van der Waals surface area contributed by atoms with Crippen molar-refractivity contribution in [2.24, 2.45) is 5.92 Å². The zero-order valence-corrected chi connectivity index (χ0v) is 24.3. The number of benzene rings is 3. The molecule has 0 saturated carbocycles. The number of carbonyl (C=O) groups excluding carboxylic acids is 1. The van der Waals surface area contributed by atoms with Crippen molar-refractivity contribution in [3.8, 4) is 5.75 Å². The van der Waals surface area contributed by atoms with E-state index in [0.717, 1.165) is 39.8 Å². The molecule has 0 aliphatic carbocycles. The number of nitrogens with one attached hydrogen (secondary N) is 1. The zero-order chi connectivity index (χ0) is 28.2. The Hall–Kier alpha value is -3.03. The van der Waals surface area contributed by atoms with Gasteiger partial charge in [0.05, 0.1) is 12.0 Å². The van der Waals surface area contributed by atoms with E-state index in [2.05, 4.69) is 9.88 Å². The number of piperidine rings is 1. The van der Waals surface area contributed by atoms with E-state index in [1.54, 1.807) is 13.0 Å². The fraction of sp³-hybridized carbons (Fsp3) is 0.344. The smallest absolute Gasteiger partial charge is 0.229 e. The minimum Gasteiger partial charge on any atom is -0.488 e. The summed E-state index contributed by atoms with van der Waals surface area (Å²) in [6, 6.07) is 21.5. The fourth-order valence-corrected chi connectivity index (χ4v) is 6.40. The van der Waals surface area contributed by atoms with Crippen LogP contribution >= 0.6 is 23.2 Å². The van der Waals surface area contributed by atoms with Gasteiger partial charge in [-0.2, -0.15) is 0 Å². The molecule has 5 rings (SSSR count). The van der Waals surface area contributed by atoms with Gasteiger partial charge in [0.25, 0.3) is 0 Å². The van der Waals surface area contributed by atoms with Crippen molar-refractivity contribution in [1.82, 2.24) is 14.8 Å². The summed E-state index contributed by atoms with van der Waals surface area (Å²) in [6.45, 7) is 3.98. The number of aliphatic hydroxyl groups is 1. The first-order valence-corrected chi connectivity index (χ1v) is 14.4. The predicted molar refractivity (Wildman–Crippen MR) is 161 cm³/mol. The Morgan fingerprint density at radius 2 is 1.82 bits per heavy atom. The highest BCUT2D eigenvalue weighted by Crippen LogP contribution is 2.32. The van der Waals surface area contributed by atoms with Crippen LogP contribution in [0.1, 0.15) is 30.0 Å². The second-order valence-corrected chi connectivity index (χ2v) is 11.5. The largest absolute Gasteiger partial charge is 0.488 e. The van der Waals surface area contributed by atoms with Crippen molar-refractivity contribution in [2.75, 3.05) is 20.1 Å². The molecule has 210 valence electrons. The fourth-order valence-electron chi connectivity index (χ4n) is 5.83. The third-order valence-electron chi connectivity index (χ3n) is 7.78. The number of hydrogen-bond acceptors (Lipinski definition) is 4. The first-order chi connectivity index (χ1) is 19.3. The van der Waals surface area contributed by atoms with Crippen LogP contribution < -0.4 is 4.74 Å². The monoisotopic (exact) mass is 579 g/mol. The Labute approximate surface area is 245 Å². The lowest BCUT2D eigenvalue weighted by Gasteiger charge is -2.43. The van der Waals surface area contributed by atoms with Gasteiger partial charge in [0.1, 0.15) is 12.4 Å². The summed E-state index contributed by atoms with van der Waals surface area (Å²) in [6.07, 6.45) is 2.70. The van der Waals surface area contributed by atoms with Crippen LogP contribution in [0.3, 0.4) is 0 Å². The second kappa shape index (κ2) is 12.6. The van der Waals surface area contributed by atoms with Crippen molar-refractivity contribution in [2.45, 2.75) is 45.1 Å². The van der Waals surface area contributed by atoms with Crippen molar-refractivity contribution in [1.29, 1.82) is 0 Å². The van der Waals surface area contributed by atoms with Gasteiger partial charge < -0.3 is 19.7 Å². The summed E-state index contributed by atoms with van der Waals surface area (Å²) < 4.78 is 6.21. The van der Waals surface area contributed by atoms with Crippen LogP contribution in [0.2, 0.25) is 10.0 Å². The number of nitrogens with zero attached hydrogens (tertiary/aromatic N) is 2. The van der Waals surface area contributed by atoms with Gasteiger partial charge in [-0.1, -0.05) is 59.6 Å². The normalized spacial score (nSPS) is 18.4. The van der Waals surface area contributed by atoms with Crippen LogP contribution in [0.5, 0.6) is 5.75 Å². The maximum Gasteiger partial charge on any atom is 0.229 e. The van der Waals surface area contributed by atoms with Gasteiger partial charge in [0, 0.05) is 52.8 Å². The number of hydrogen-bond donors (Lipinski definition) is 2. The molecule has 2 N–H and O–H groups in total. The van der Waals surface area contributed by atoms with Crippen LogP contribution in [0.25, 0.3) is 10.9 Å². The first kappa shape index (κ1) is 28.5. The average Bonchev–Trinajstić information content (AvgIpc) is 3.34. The quantitative estimate of drug-likeness (QED) is 0.230. The minimum atomic E-state index is -0.767. The Morgan fingerprint density at radius 1 is 1.07 bits per heavy atom. The summed E-state index contributed by atoms with van der Waals surface area (Å²) in [5, 5.41) is 12.9. The van der Waals surface area contributed by atoms with Crippen LogP contribution in [0, 0.1) is 5.92 Å². The molecule has 6 nitrogen and oxygen atoms in total. The van der Waals surface area contributed by atoms with E-state index in [9.17, 15) is 9.90 Å². The van der Waals surface area contributed by atoms with Crippen molar-refractivity contribution >= 4 is 40.0 Å². The lowest BCUT2D eigenvalue weighted by atomic mass is 9.85. The number of aromatic nitrogens is 1. The molecule has 0 spiro atoms. The topological polar surface area (TPSA) is 68.8 Å². The number of H-pyrrole nitrogens is 1. The lowest BCUT2D eigenvalue weighted by molar-refractivity contribution is -0.147. The molecule has 3 aromatic carbocycles. The SMILES string of the molecule is CC(O)C1C(=O)N(CCc2c[nH]c3cccc(OCc4ccccc4)c23)CCC1N(C)Cc1cc(Cl)cc(Cl)c1. The van der Waals surface area contributed by atoms with Gasteiger partial charge in [-0.05, 0) is 73.8 Å². The van der Waals surface area contributed by atoms with E-state index in [0.29, 0.717) is 42.7 Å². The second-order valence-electron chi connectivity index (χ2n) is 10.7. The maximum absolute atomic E-state index is 13.7. The molecule has 2 heterocycles. The molecule has 40 heavy (non-hydrogen) atoms. The van der Waals surface area contributed by atoms with Gasteiger partial charge in [-0.3, -0.25) is 9.69 Å². The molecule has 1 aliphatic rings. The predicted octanol–water partition coefficient (Wildman–Crippen LogP) is 6.33. The molecule has 1 fully saturated rings. The Balaban J connectivity index is 1.27. The Bertz CT molecular complexity index is 1440. The molecule has 4 aromatic rings. The molecule has 8 heteroatoms. The van der Waals surface area contributed by atoms with E-state index in [1.165, 1.54) is 0 Å². The lowest BCUT2D eigenvalue weighted by Crippen LogP contribution is -2.56. The molecule has 0 bridgehead atoms. The third-order valence-corrected chi connectivity index (χ3v) is 8.22. The molecular weight excluding hydrogens is 545 g/mol. The summed E-state index contributed by atoms with van der Waals surface area (Å²) in [4.78, 5) is 21.0. The molecule has 3 atom stereocenters.